The van der Waals surface area contributed by atoms with E-state index < -0.39 is 0 Å². The Morgan fingerprint density at radius 1 is 1.29 bits per heavy atom. The van der Waals surface area contributed by atoms with Crippen LogP contribution in [0.2, 0.25) is 5.02 Å². The summed E-state index contributed by atoms with van der Waals surface area (Å²) in [6.07, 6.45) is 2.74. The average molecular weight is 410 g/mol. The lowest BCUT2D eigenvalue weighted by molar-refractivity contribution is -0.120. The molecular formula is C18H18BrClN2O2. The predicted octanol–water partition coefficient (Wildman–Crippen LogP) is 4.58. The fourth-order valence-electron chi connectivity index (χ4n) is 1.96. The first-order chi connectivity index (χ1) is 11.6. The number of carbonyl (C=O) groups excluding carboxylic acids is 1. The van der Waals surface area contributed by atoms with E-state index >= 15 is 0 Å². The number of rotatable bonds is 7. The summed E-state index contributed by atoms with van der Waals surface area (Å²) in [6.45, 7) is 2.68. The van der Waals surface area contributed by atoms with Crippen LogP contribution >= 0.6 is 27.5 Å². The van der Waals surface area contributed by atoms with Crippen LogP contribution in [-0.4, -0.2) is 18.7 Å². The van der Waals surface area contributed by atoms with Gasteiger partial charge in [-0.05, 0) is 42.3 Å². The first-order valence-electron chi connectivity index (χ1n) is 7.57. The molecule has 0 aromatic heterocycles. The maximum Gasteiger partial charge on any atom is 0.244 e. The van der Waals surface area contributed by atoms with Gasteiger partial charge in [-0.1, -0.05) is 46.6 Å². The Labute approximate surface area is 155 Å². The third-order valence-corrected chi connectivity index (χ3v) is 3.85. The molecule has 0 aliphatic rings. The Bertz CT molecular complexity index is 717. The van der Waals surface area contributed by atoms with Gasteiger partial charge in [0.2, 0.25) is 5.91 Å². The Kier molecular flexibility index (Phi) is 7.28. The number of nitrogens with one attached hydrogen (secondary N) is 1. The number of hydrogen-bond acceptors (Lipinski definition) is 3. The molecule has 24 heavy (non-hydrogen) atoms. The molecule has 0 fully saturated rings. The van der Waals surface area contributed by atoms with Gasteiger partial charge < -0.3 is 4.74 Å². The van der Waals surface area contributed by atoms with Gasteiger partial charge in [0.25, 0.3) is 0 Å². The van der Waals surface area contributed by atoms with Crippen molar-refractivity contribution in [2.75, 3.05) is 6.61 Å². The quantitative estimate of drug-likeness (QED) is 0.537. The standard InChI is InChI=1S/C18H18BrClN2O2/c1-2-9-24-17-8-5-15(19)11-14(17)12-21-22-18(23)10-13-3-6-16(20)7-4-13/h3-8,11-12H,2,9-10H2,1H3,(H,22,23)/b21-12+. The summed E-state index contributed by atoms with van der Waals surface area (Å²) in [7, 11) is 0. The second-order valence-electron chi connectivity index (χ2n) is 5.13. The molecule has 1 N–H and O–H groups in total. The summed E-state index contributed by atoms with van der Waals surface area (Å²) in [5, 5.41) is 4.66. The fourth-order valence-corrected chi connectivity index (χ4v) is 2.47. The summed E-state index contributed by atoms with van der Waals surface area (Å²) < 4.78 is 6.59. The highest BCUT2D eigenvalue weighted by atomic mass is 79.9. The third-order valence-electron chi connectivity index (χ3n) is 3.10. The zero-order chi connectivity index (χ0) is 17.4. The lowest BCUT2D eigenvalue weighted by Gasteiger charge is -2.08. The summed E-state index contributed by atoms with van der Waals surface area (Å²) in [5.74, 6) is 0.537. The number of halogens is 2. The molecule has 0 atom stereocenters. The molecule has 1 amide bonds. The summed E-state index contributed by atoms with van der Waals surface area (Å²) in [6, 6.07) is 12.8. The van der Waals surface area contributed by atoms with Gasteiger partial charge in [0.15, 0.2) is 0 Å². The first-order valence-corrected chi connectivity index (χ1v) is 8.74. The SMILES string of the molecule is CCCOc1ccc(Br)cc1/C=N/NC(=O)Cc1ccc(Cl)cc1. The molecule has 0 saturated heterocycles. The summed E-state index contributed by atoms with van der Waals surface area (Å²) >= 11 is 9.24. The Balaban J connectivity index is 1.96. The highest BCUT2D eigenvalue weighted by Gasteiger charge is 2.04. The molecule has 2 aromatic rings. The van der Waals surface area contributed by atoms with Crippen LogP contribution in [0, 0.1) is 0 Å². The van der Waals surface area contributed by atoms with Crippen molar-refractivity contribution >= 4 is 39.7 Å². The lowest BCUT2D eigenvalue weighted by Crippen LogP contribution is -2.19. The van der Waals surface area contributed by atoms with Gasteiger partial charge in [0.05, 0.1) is 19.2 Å². The molecule has 0 radical (unpaired) electrons. The molecule has 0 aliphatic carbocycles. The second-order valence-corrected chi connectivity index (χ2v) is 6.48. The van der Waals surface area contributed by atoms with Crippen molar-refractivity contribution < 1.29 is 9.53 Å². The van der Waals surface area contributed by atoms with E-state index in [1.165, 1.54) is 0 Å². The molecule has 6 heteroatoms. The van der Waals surface area contributed by atoms with E-state index in [9.17, 15) is 4.79 Å². The van der Waals surface area contributed by atoms with Crippen molar-refractivity contribution in [3.8, 4) is 5.75 Å². The Morgan fingerprint density at radius 3 is 2.75 bits per heavy atom. The lowest BCUT2D eigenvalue weighted by atomic mass is 10.1. The number of hydrogen-bond donors (Lipinski definition) is 1. The zero-order valence-corrected chi connectivity index (χ0v) is 15.6. The van der Waals surface area contributed by atoms with Crippen molar-refractivity contribution in [1.29, 1.82) is 0 Å². The monoisotopic (exact) mass is 408 g/mol. The van der Waals surface area contributed by atoms with Crippen molar-refractivity contribution in [2.24, 2.45) is 5.10 Å². The number of ether oxygens (including phenoxy) is 1. The van der Waals surface area contributed by atoms with Gasteiger partial charge in [-0.3, -0.25) is 4.79 Å². The molecule has 4 nitrogen and oxygen atoms in total. The van der Waals surface area contributed by atoms with Crippen LogP contribution < -0.4 is 10.2 Å². The minimum absolute atomic E-state index is 0.195. The second kappa shape index (κ2) is 9.45. The molecule has 0 aliphatic heterocycles. The minimum Gasteiger partial charge on any atom is -0.493 e. The molecule has 0 unspecified atom stereocenters. The van der Waals surface area contributed by atoms with E-state index in [0.29, 0.717) is 11.6 Å². The number of hydrazone groups is 1. The number of benzene rings is 2. The molecular weight excluding hydrogens is 392 g/mol. The van der Waals surface area contributed by atoms with Crippen LogP contribution in [0.5, 0.6) is 5.75 Å². The van der Waals surface area contributed by atoms with E-state index in [1.54, 1.807) is 18.3 Å². The Hall–Kier alpha value is -1.85. The maximum absolute atomic E-state index is 11.9. The highest BCUT2D eigenvalue weighted by molar-refractivity contribution is 9.10. The number of amides is 1. The summed E-state index contributed by atoms with van der Waals surface area (Å²) in [5.41, 5.74) is 4.20. The van der Waals surface area contributed by atoms with Gasteiger partial charge in [-0.15, -0.1) is 0 Å². The van der Waals surface area contributed by atoms with Crippen molar-refractivity contribution in [3.05, 3.63) is 63.1 Å². The van der Waals surface area contributed by atoms with E-state index in [-0.39, 0.29) is 12.3 Å². The molecule has 2 aromatic carbocycles. The van der Waals surface area contributed by atoms with E-state index in [2.05, 4.69) is 26.5 Å². The highest BCUT2D eigenvalue weighted by Crippen LogP contribution is 2.22. The Morgan fingerprint density at radius 2 is 2.04 bits per heavy atom. The van der Waals surface area contributed by atoms with Crippen molar-refractivity contribution in [2.45, 2.75) is 19.8 Å². The van der Waals surface area contributed by atoms with Gasteiger partial charge in [0, 0.05) is 15.1 Å². The smallest absolute Gasteiger partial charge is 0.244 e. The normalized spacial score (nSPS) is 10.8. The van der Waals surface area contributed by atoms with E-state index in [0.717, 1.165) is 27.8 Å². The number of carbonyl (C=O) groups is 1. The van der Waals surface area contributed by atoms with Crippen LogP contribution in [-0.2, 0) is 11.2 Å². The van der Waals surface area contributed by atoms with Crippen molar-refractivity contribution in [3.63, 3.8) is 0 Å². The molecule has 2 rings (SSSR count). The van der Waals surface area contributed by atoms with Crippen LogP contribution in [0.1, 0.15) is 24.5 Å². The van der Waals surface area contributed by atoms with Crippen LogP contribution in [0.3, 0.4) is 0 Å². The first kappa shape index (κ1) is 18.5. The van der Waals surface area contributed by atoms with Gasteiger partial charge in [-0.25, -0.2) is 5.43 Å². The number of nitrogens with zero attached hydrogens (tertiary/aromatic N) is 1. The van der Waals surface area contributed by atoms with Gasteiger partial charge in [0.1, 0.15) is 5.75 Å². The summed E-state index contributed by atoms with van der Waals surface area (Å²) in [4.78, 5) is 11.9. The molecule has 0 saturated carbocycles. The largest absolute Gasteiger partial charge is 0.493 e. The van der Waals surface area contributed by atoms with Gasteiger partial charge >= 0.3 is 0 Å². The van der Waals surface area contributed by atoms with Crippen LogP contribution in [0.15, 0.2) is 52.0 Å². The zero-order valence-electron chi connectivity index (χ0n) is 13.3. The fraction of sp³-hybridized carbons (Fsp3) is 0.222. The third kappa shape index (κ3) is 5.98. The van der Waals surface area contributed by atoms with Crippen LogP contribution in [0.4, 0.5) is 0 Å². The molecule has 126 valence electrons. The maximum atomic E-state index is 11.9. The van der Waals surface area contributed by atoms with Gasteiger partial charge in [-0.2, -0.15) is 5.10 Å². The van der Waals surface area contributed by atoms with E-state index in [1.807, 2.05) is 37.3 Å². The predicted molar refractivity (Wildman–Crippen MR) is 101 cm³/mol. The molecule has 0 bridgehead atoms. The average Bonchev–Trinajstić information content (AvgIpc) is 2.56. The topological polar surface area (TPSA) is 50.7 Å². The van der Waals surface area contributed by atoms with E-state index in [4.69, 9.17) is 16.3 Å². The minimum atomic E-state index is -0.195. The molecule has 0 heterocycles. The molecule has 0 spiro atoms. The van der Waals surface area contributed by atoms with Crippen LogP contribution in [0.25, 0.3) is 0 Å². The van der Waals surface area contributed by atoms with Crippen molar-refractivity contribution in [1.82, 2.24) is 5.43 Å².